The monoisotopic (exact) mass is 588 g/mol. The molecule has 0 unspecified atom stereocenters. The number of nitrogens with zero attached hydrogens (tertiary/aromatic N) is 3. The summed E-state index contributed by atoms with van der Waals surface area (Å²) in [6, 6.07) is 12.6. The normalized spacial score (nSPS) is 14.4. The number of aromatic nitrogens is 3. The lowest BCUT2D eigenvalue weighted by Crippen LogP contribution is -2.18. The zero-order valence-electron chi connectivity index (χ0n) is 23.0. The van der Waals surface area contributed by atoms with Crippen molar-refractivity contribution in [3.05, 3.63) is 64.6 Å². The number of ether oxygens (including phenoxy) is 1. The second-order valence-corrected chi connectivity index (χ2v) is 11.6. The molecule has 0 saturated heterocycles. The first kappa shape index (κ1) is 27.7. The Morgan fingerprint density at radius 3 is 2.67 bits per heavy atom. The van der Waals surface area contributed by atoms with Crippen molar-refractivity contribution in [2.24, 2.45) is 0 Å². The molecule has 0 radical (unpaired) electrons. The minimum absolute atomic E-state index is 0.122. The lowest BCUT2D eigenvalue weighted by atomic mass is 9.94. The summed E-state index contributed by atoms with van der Waals surface area (Å²) in [6.07, 6.45) is 9.46. The maximum Gasteiger partial charge on any atom is 0.488 e. The van der Waals surface area contributed by atoms with E-state index >= 15 is 0 Å². The van der Waals surface area contributed by atoms with Crippen LogP contribution in [-0.2, 0) is 10.5 Å². The van der Waals surface area contributed by atoms with Crippen LogP contribution in [0.15, 0.2) is 53.6 Å². The molecule has 3 aromatic heterocycles. The van der Waals surface area contributed by atoms with Crippen molar-refractivity contribution in [3.63, 3.8) is 0 Å². The fraction of sp³-hybridized carbons (Fsp3) is 0.323. The number of pyridine rings is 2. The summed E-state index contributed by atoms with van der Waals surface area (Å²) in [5.74, 6) is 0.148. The molecule has 0 bridgehead atoms. The first-order valence-corrected chi connectivity index (χ1v) is 15.4. The Morgan fingerprint density at radius 1 is 1.12 bits per heavy atom. The van der Waals surface area contributed by atoms with E-state index < -0.39 is 10.5 Å². The first-order chi connectivity index (χ1) is 20.3. The van der Waals surface area contributed by atoms with Crippen LogP contribution in [0.1, 0.15) is 63.5 Å². The van der Waals surface area contributed by atoms with Gasteiger partial charge in [-0.1, -0.05) is 42.6 Å². The van der Waals surface area contributed by atoms with Crippen LogP contribution in [-0.4, -0.2) is 29.6 Å². The molecule has 1 aliphatic rings. The van der Waals surface area contributed by atoms with Crippen molar-refractivity contribution >= 4 is 43.3 Å². The van der Waals surface area contributed by atoms with E-state index in [2.05, 4.69) is 24.8 Å². The van der Waals surface area contributed by atoms with Crippen LogP contribution in [0.2, 0.25) is 0 Å². The van der Waals surface area contributed by atoms with Crippen molar-refractivity contribution in [2.45, 2.75) is 57.9 Å². The molecule has 42 heavy (non-hydrogen) atoms. The third-order valence-corrected chi connectivity index (χ3v) is 8.28. The molecule has 1 aliphatic carbocycles. The Kier molecular flexibility index (Phi) is 7.33. The van der Waals surface area contributed by atoms with Crippen molar-refractivity contribution in [1.82, 2.24) is 14.5 Å². The lowest BCUT2D eigenvalue weighted by molar-refractivity contribution is 0.311. The van der Waals surface area contributed by atoms with Gasteiger partial charge in [0.1, 0.15) is 11.4 Å². The fourth-order valence-corrected chi connectivity index (χ4v) is 6.31. The zero-order chi connectivity index (χ0) is 29.4. The molecule has 1 N–H and O–H groups in total. The van der Waals surface area contributed by atoms with Gasteiger partial charge in [0.2, 0.25) is 0 Å². The second kappa shape index (κ2) is 11.1. The van der Waals surface area contributed by atoms with Gasteiger partial charge in [-0.25, -0.2) is 0 Å². The molecule has 216 valence electrons. The molecule has 9 nitrogen and oxygen atoms in total. The lowest BCUT2D eigenvalue weighted by Gasteiger charge is -2.27. The average molecular weight is 589 g/mol. The van der Waals surface area contributed by atoms with E-state index in [1.165, 1.54) is 12.3 Å². The van der Waals surface area contributed by atoms with Crippen LogP contribution >= 0.6 is 0 Å². The average Bonchev–Trinajstić information content (AvgIpc) is 3.35. The number of aromatic amines is 1. The number of halogens is 1. The van der Waals surface area contributed by atoms with Gasteiger partial charge >= 0.3 is 10.5 Å². The topological polar surface area (TPSA) is 127 Å². The number of nitrogens with one attached hydrogen (secondary N) is 1. The zero-order valence-corrected chi connectivity index (χ0v) is 23.8. The molecule has 6 rings (SSSR count). The van der Waals surface area contributed by atoms with Gasteiger partial charge in [0.05, 0.1) is 40.7 Å². The van der Waals surface area contributed by atoms with Gasteiger partial charge in [0.25, 0.3) is 0 Å². The molecule has 1 saturated carbocycles. The van der Waals surface area contributed by atoms with E-state index in [4.69, 9.17) is 4.74 Å². The number of unbranched alkanes of at least 4 members (excludes halogenated alkanes) is 1. The predicted octanol–water partition coefficient (Wildman–Crippen LogP) is 6.85. The highest BCUT2D eigenvalue weighted by Crippen LogP contribution is 2.40. The van der Waals surface area contributed by atoms with Gasteiger partial charge in [-0.05, 0) is 49.6 Å². The summed E-state index contributed by atoms with van der Waals surface area (Å²) in [5, 5.41) is 11.3. The quantitative estimate of drug-likeness (QED) is 0.155. The second-order valence-electron chi connectivity index (χ2n) is 10.7. The minimum atomic E-state index is -5.25. The summed E-state index contributed by atoms with van der Waals surface area (Å²) in [5.41, 5.74) is 3.44. The van der Waals surface area contributed by atoms with Gasteiger partial charge < -0.3 is 18.5 Å². The maximum atomic E-state index is 14.2. The highest BCUT2D eigenvalue weighted by atomic mass is 32.3. The SMILES string of the molecule is CCCCOc1cc2c(=O)c3c4ccc(C#N)cc4[nH]c3n(C3CCCCC3)c2cc1-c1cncc(OS(=O)(=O)F)c1. The first-order valence-electron chi connectivity index (χ1n) is 14.1. The molecule has 2 aromatic carbocycles. The number of H-pyrrole nitrogens is 1. The minimum Gasteiger partial charge on any atom is -0.493 e. The van der Waals surface area contributed by atoms with Gasteiger partial charge in [-0.2, -0.15) is 13.7 Å². The maximum absolute atomic E-state index is 14.2. The molecule has 0 aliphatic heterocycles. The predicted molar refractivity (Wildman–Crippen MR) is 159 cm³/mol. The van der Waals surface area contributed by atoms with E-state index in [1.54, 1.807) is 18.2 Å². The Bertz CT molecular complexity index is 2040. The number of fused-ring (bicyclic) bond motifs is 4. The highest BCUT2D eigenvalue weighted by Gasteiger charge is 2.25. The van der Waals surface area contributed by atoms with Gasteiger partial charge in [-0.15, -0.1) is 0 Å². The van der Waals surface area contributed by atoms with Crippen LogP contribution in [0.25, 0.3) is 44.0 Å². The molecule has 11 heteroatoms. The van der Waals surface area contributed by atoms with Gasteiger partial charge in [0.15, 0.2) is 11.2 Å². The smallest absolute Gasteiger partial charge is 0.488 e. The summed E-state index contributed by atoms with van der Waals surface area (Å²) in [7, 11) is -5.25. The Labute approximate surface area is 241 Å². The summed E-state index contributed by atoms with van der Waals surface area (Å²) >= 11 is 0. The van der Waals surface area contributed by atoms with Crippen LogP contribution < -0.4 is 14.3 Å². The largest absolute Gasteiger partial charge is 0.493 e. The van der Waals surface area contributed by atoms with E-state index in [0.29, 0.717) is 56.5 Å². The van der Waals surface area contributed by atoms with Gasteiger partial charge in [0, 0.05) is 34.3 Å². The number of hydrogen-bond donors (Lipinski definition) is 1. The molecule has 0 amide bonds. The van der Waals surface area contributed by atoms with Crippen molar-refractivity contribution in [1.29, 1.82) is 5.26 Å². The number of rotatable bonds is 8. The van der Waals surface area contributed by atoms with E-state index in [1.807, 2.05) is 19.1 Å². The van der Waals surface area contributed by atoms with E-state index in [0.717, 1.165) is 56.5 Å². The summed E-state index contributed by atoms with van der Waals surface area (Å²) in [6.45, 7) is 2.45. The molecule has 3 heterocycles. The molecule has 5 aromatic rings. The molecular formula is C31H29FN4O5S. The van der Waals surface area contributed by atoms with Crippen LogP contribution in [0, 0.1) is 11.3 Å². The van der Waals surface area contributed by atoms with Gasteiger partial charge in [-0.3, -0.25) is 9.78 Å². The van der Waals surface area contributed by atoms with E-state index in [9.17, 15) is 22.4 Å². The van der Waals surface area contributed by atoms with Crippen LogP contribution in [0.5, 0.6) is 11.5 Å². The van der Waals surface area contributed by atoms with Crippen molar-refractivity contribution < 1.29 is 21.2 Å². The number of hydrogen-bond acceptors (Lipinski definition) is 7. The summed E-state index contributed by atoms with van der Waals surface area (Å²) < 4.78 is 48.5. The molecular weight excluding hydrogens is 559 g/mol. The molecule has 1 fully saturated rings. The highest BCUT2D eigenvalue weighted by molar-refractivity contribution is 7.81. The van der Waals surface area contributed by atoms with Crippen molar-refractivity contribution in [3.8, 4) is 28.7 Å². The Hall–Kier alpha value is -4.43. The Morgan fingerprint density at radius 2 is 1.93 bits per heavy atom. The molecule has 0 spiro atoms. The molecule has 0 atom stereocenters. The third kappa shape index (κ3) is 5.18. The van der Waals surface area contributed by atoms with Crippen molar-refractivity contribution in [2.75, 3.05) is 6.61 Å². The fourth-order valence-electron chi connectivity index (χ4n) is 5.98. The standard InChI is InChI=1S/C31H29FN4O5S/c1-2-3-11-40-28-15-25-27(14-24(28)20-13-22(18-34-17-20)41-42(32,38)39)36(21-7-5-4-6-8-21)31-29(30(25)37)23-10-9-19(16-33)12-26(23)35-31/h9-10,12-15,17-18,21,35H,2-8,11H2,1H3. The number of nitriles is 1. The third-order valence-electron chi connectivity index (χ3n) is 7.89. The van der Waals surface area contributed by atoms with Crippen LogP contribution in [0.3, 0.4) is 0 Å². The van der Waals surface area contributed by atoms with E-state index in [-0.39, 0.29) is 17.2 Å². The summed E-state index contributed by atoms with van der Waals surface area (Å²) in [4.78, 5) is 21.7. The van der Waals surface area contributed by atoms with Crippen LogP contribution in [0.4, 0.5) is 3.89 Å². The number of benzene rings is 2. The Balaban J connectivity index is 1.68.